The van der Waals surface area contributed by atoms with Gasteiger partial charge in [0, 0.05) is 16.4 Å². The SMILES string of the molecule is COc1ccc(C2C(C(=O)c3cc4cc(Br)ccc4o3)=C(O)C(=O)N2Cc2cccc(C(F)(F)F)c2)cc1. The van der Waals surface area contributed by atoms with Crippen molar-refractivity contribution >= 4 is 38.6 Å². The fraction of sp³-hybridized carbons (Fsp3) is 0.143. The Hall–Kier alpha value is -4.05. The number of methoxy groups -OCH3 is 1. The fourth-order valence-electron chi connectivity index (χ4n) is 4.48. The molecule has 1 aliphatic heterocycles. The van der Waals surface area contributed by atoms with Gasteiger partial charge < -0.3 is 19.2 Å². The van der Waals surface area contributed by atoms with Gasteiger partial charge in [0.25, 0.3) is 5.91 Å². The van der Waals surface area contributed by atoms with Crippen molar-refractivity contribution < 1.29 is 37.0 Å². The third kappa shape index (κ3) is 4.67. The van der Waals surface area contributed by atoms with Gasteiger partial charge in [0.05, 0.1) is 24.3 Å². The first-order valence-corrected chi connectivity index (χ1v) is 12.1. The maximum Gasteiger partial charge on any atom is 0.416 e. The minimum absolute atomic E-state index is 0.0909. The van der Waals surface area contributed by atoms with Crippen LogP contribution in [0.15, 0.2) is 93.0 Å². The number of hydrogen-bond acceptors (Lipinski definition) is 5. The molecule has 0 saturated carbocycles. The van der Waals surface area contributed by atoms with Crippen LogP contribution < -0.4 is 4.74 Å². The second kappa shape index (κ2) is 9.68. The van der Waals surface area contributed by atoms with Crippen LogP contribution >= 0.6 is 15.9 Å². The average Bonchev–Trinajstić information content (AvgIpc) is 3.42. The first kappa shape index (κ1) is 25.6. The number of alkyl halides is 3. The largest absolute Gasteiger partial charge is 0.503 e. The number of ether oxygens (including phenoxy) is 1. The summed E-state index contributed by atoms with van der Waals surface area (Å²) >= 11 is 3.36. The Bertz CT molecular complexity index is 1590. The van der Waals surface area contributed by atoms with Gasteiger partial charge in [-0.1, -0.05) is 40.2 Å². The van der Waals surface area contributed by atoms with Gasteiger partial charge in [0.15, 0.2) is 11.5 Å². The number of aliphatic hydroxyl groups excluding tert-OH is 1. The Morgan fingerprint density at radius 3 is 2.50 bits per heavy atom. The summed E-state index contributed by atoms with van der Waals surface area (Å²) in [4.78, 5) is 28.1. The normalized spacial score (nSPS) is 16.0. The molecular formula is C28H19BrF3NO5. The molecule has 4 aromatic rings. The van der Waals surface area contributed by atoms with Crippen LogP contribution in [0.3, 0.4) is 0 Å². The Kier molecular flexibility index (Phi) is 6.52. The minimum atomic E-state index is -4.57. The fourth-order valence-corrected chi connectivity index (χ4v) is 4.86. The number of Topliss-reactive ketones (excluding diaryl/α,β-unsaturated/α-hetero) is 1. The monoisotopic (exact) mass is 585 g/mol. The van der Waals surface area contributed by atoms with Crippen LogP contribution in [0.4, 0.5) is 13.2 Å². The van der Waals surface area contributed by atoms with E-state index in [0.717, 1.165) is 16.6 Å². The van der Waals surface area contributed by atoms with Crippen LogP contribution in [0, 0.1) is 0 Å². The first-order valence-electron chi connectivity index (χ1n) is 11.3. The molecule has 0 fully saturated rings. The molecule has 0 saturated heterocycles. The van der Waals surface area contributed by atoms with E-state index in [-0.39, 0.29) is 23.4 Å². The summed E-state index contributed by atoms with van der Waals surface area (Å²) in [7, 11) is 1.48. The van der Waals surface area contributed by atoms with Gasteiger partial charge in [0.2, 0.25) is 5.78 Å². The van der Waals surface area contributed by atoms with E-state index in [1.807, 2.05) is 0 Å². The van der Waals surface area contributed by atoms with Crippen LogP contribution in [0.2, 0.25) is 0 Å². The summed E-state index contributed by atoms with van der Waals surface area (Å²) < 4.78 is 51.6. The standard InChI is InChI=1S/C28H19BrF3NO5/c1-37-20-8-5-16(6-9-20)24-23(25(34)22-13-17-12-19(29)7-10-21(17)38-22)26(35)27(36)33(24)14-15-3-2-4-18(11-15)28(30,31)32/h2-13,24,35H,14H2,1H3. The molecule has 0 spiro atoms. The number of carbonyl (C=O) groups excluding carboxylic acids is 2. The van der Waals surface area contributed by atoms with Gasteiger partial charge in [-0.2, -0.15) is 13.2 Å². The highest BCUT2D eigenvalue weighted by molar-refractivity contribution is 9.10. The number of halogens is 4. The zero-order valence-corrected chi connectivity index (χ0v) is 21.3. The van der Waals surface area contributed by atoms with Gasteiger partial charge in [-0.25, -0.2) is 0 Å². The highest BCUT2D eigenvalue weighted by Crippen LogP contribution is 2.41. The third-order valence-corrected chi connectivity index (χ3v) is 6.78. The van der Waals surface area contributed by atoms with Gasteiger partial charge in [-0.05, 0) is 59.7 Å². The summed E-state index contributed by atoms with van der Waals surface area (Å²) in [6.07, 6.45) is -4.57. The molecule has 2 heterocycles. The van der Waals surface area contributed by atoms with Crippen LogP contribution in [0.5, 0.6) is 5.75 Å². The number of benzene rings is 3. The molecule has 194 valence electrons. The summed E-state index contributed by atoms with van der Waals surface area (Å²) in [5.41, 5.74) is -0.0308. The number of aliphatic hydroxyl groups is 1. The second-order valence-electron chi connectivity index (χ2n) is 8.69. The predicted octanol–water partition coefficient (Wildman–Crippen LogP) is 7.00. The van der Waals surface area contributed by atoms with Gasteiger partial charge in [0.1, 0.15) is 11.3 Å². The Balaban J connectivity index is 1.58. The van der Waals surface area contributed by atoms with Crippen molar-refractivity contribution in [3.05, 3.63) is 111 Å². The van der Waals surface area contributed by atoms with Crippen molar-refractivity contribution in [2.75, 3.05) is 7.11 Å². The van der Waals surface area contributed by atoms with Crippen LogP contribution in [0.25, 0.3) is 11.0 Å². The van der Waals surface area contributed by atoms with Crippen molar-refractivity contribution in [3.8, 4) is 5.75 Å². The molecule has 1 aromatic heterocycles. The van der Waals surface area contributed by atoms with E-state index < -0.39 is 35.2 Å². The molecule has 1 atom stereocenters. The van der Waals surface area contributed by atoms with Crippen LogP contribution in [0.1, 0.15) is 33.3 Å². The molecule has 0 aliphatic carbocycles. The van der Waals surface area contributed by atoms with Crippen molar-refractivity contribution in [3.63, 3.8) is 0 Å². The molecule has 1 unspecified atom stereocenters. The topological polar surface area (TPSA) is 80.0 Å². The molecule has 1 amide bonds. The van der Waals surface area contributed by atoms with E-state index in [1.165, 1.54) is 30.2 Å². The molecule has 0 radical (unpaired) electrons. The van der Waals surface area contributed by atoms with Crippen molar-refractivity contribution in [1.29, 1.82) is 0 Å². The van der Waals surface area contributed by atoms with Gasteiger partial charge in [-0.15, -0.1) is 0 Å². The Morgan fingerprint density at radius 1 is 1.08 bits per heavy atom. The number of hydrogen-bond donors (Lipinski definition) is 1. The van der Waals surface area contributed by atoms with E-state index in [4.69, 9.17) is 9.15 Å². The molecule has 0 bridgehead atoms. The van der Waals surface area contributed by atoms with E-state index >= 15 is 0 Å². The second-order valence-corrected chi connectivity index (χ2v) is 9.61. The smallest absolute Gasteiger partial charge is 0.416 e. The molecule has 1 N–H and O–H groups in total. The van der Waals surface area contributed by atoms with Gasteiger partial charge in [-0.3, -0.25) is 9.59 Å². The molecule has 6 nitrogen and oxygen atoms in total. The number of furan rings is 1. The summed E-state index contributed by atoms with van der Waals surface area (Å²) in [5.74, 6) is -1.95. The van der Waals surface area contributed by atoms with Crippen LogP contribution in [-0.2, 0) is 17.5 Å². The maximum atomic E-state index is 13.7. The number of nitrogens with zero attached hydrogens (tertiary/aromatic N) is 1. The van der Waals surface area contributed by atoms with Gasteiger partial charge >= 0.3 is 6.18 Å². The lowest BCUT2D eigenvalue weighted by molar-refractivity contribution is -0.137. The molecule has 1 aliphatic rings. The number of ketones is 1. The quantitative estimate of drug-likeness (QED) is 0.246. The van der Waals surface area contributed by atoms with E-state index in [1.54, 1.807) is 42.5 Å². The number of rotatable bonds is 6. The van der Waals surface area contributed by atoms with Crippen molar-refractivity contribution in [2.45, 2.75) is 18.8 Å². The minimum Gasteiger partial charge on any atom is -0.503 e. The average molecular weight is 586 g/mol. The molecule has 10 heteroatoms. The Labute approximate surface area is 223 Å². The highest BCUT2D eigenvalue weighted by Gasteiger charge is 2.44. The molecule has 5 rings (SSSR count). The number of amides is 1. The molecule has 3 aromatic carbocycles. The number of fused-ring (bicyclic) bond motifs is 1. The number of carbonyl (C=O) groups is 2. The lowest BCUT2D eigenvalue weighted by atomic mass is 9.94. The lowest BCUT2D eigenvalue weighted by Gasteiger charge is -2.27. The third-order valence-electron chi connectivity index (χ3n) is 6.29. The van der Waals surface area contributed by atoms with E-state index in [2.05, 4.69) is 15.9 Å². The summed E-state index contributed by atoms with van der Waals surface area (Å²) in [6.45, 7) is -0.284. The summed E-state index contributed by atoms with van der Waals surface area (Å²) in [6, 6.07) is 16.6. The van der Waals surface area contributed by atoms with Crippen molar-refractivity contribution in [1.82, 2.24) is 4.90 Å². The Morgan fingerprint density at radius 2 is 1.82 bits per heavy atom. The predicted molar refractivity (Wildman–Crippen MR) is 136 cm³/mol. The highest BCUT2D eigenvalue weighted by atomic mass is 79.9. The van der Waals surface area contributed by atoms with E-state index in [0.29, 0.717) is 22.3 Å². The zero-order valence-electron chi connectivity index (χ0n) is 19.8. The van der Waals surface area contributed by atoms with Crippen molar-refractivity contribution in [2.24, 2.45) is 0 Å². The molecular weight excluding hydrogens is 567 g/mol. The van der Waals surface area contributed by atoms with E-state index in [9.17, 15) is 27.9 Å². The van der Waals surface area contributed by atoms with Crippen LogP contribution in [-0.4, -0.2) is 28.8 Å². The maximum absolute atomic E-state index is 13.7. The lowest BCUT2D eigenvalue weighted by Crippen LogP contribution is -2.30. The summed E-state index contributed by atoms with van der Waals surface area (Å²) in [5, 5.41) is 11.5. The first-order chi connectivity index (χ1) is 18.1. The molecule has 38 heavy (non-hydrogen) atoms. The zero-order chi connectivity index (χ0) is 27.2.